The van der Waals surface area contributed by atoms with E-state index in [2.05, 4.69) is 31.3 Å². The first-order valence-corrected chi connectivity index (χ1v) is 5.09. The van der Waals surface area contributed by atoms with E-state index in [0.717, 1.165) is 24.8 Å². The normalized spacial score (nSPS) is 22.4. The van der Waals surface area contributed by atoms with Crippen molar-refractivity contribution < 1.29 is 0 Å². The van der Waals surface area contributed by atoms with Crippen molar-refractivity contribution in [3.8, 4) is 0 Å². The maximum atomic E-state index is 3.87. The van der Waals surface area contributed by atoms with Crippen molar-refractivity contribution in [2.45, 2.75) is 19.4 Å². The Kier molecular flexibility index (Phi) is 3.42. The SMILES string of the molecule is C1CNCC(CNCc2nn[nH]n2)C1. The second-order valence-corrected chi connectivity index (χ2v) is 3.67. The van der Waals surface area contributed by atoms with Crippen LogP contribution >= 0.6 is 0 Å². The highest BCUT2D eigenvalue weighted by Gasteiger charge is 2.12. The molecular formula is C8H16N6. The molecule has 0 aromatic carbocycles. The van der Waals surface area contributed by atoms with E-state index >= 15 is 0 Å². The minimum Gasteiger partial charge on any atom is -0.316 e. The average Bonchev–Trinajstić information content (AvgIpc) is 2.72. The monoisotopic (exact) mass is 196 g/mol. The molecule has 0 bridgehead atoms. The number of rotatable bonds is 4. The van der Waals surface area contributed by atoms with Crippen LogP contribution in [-0.4, -0.2) is 40.3 Å². The van der Waals surface area contributed by atoms with Crippen molar-refractivity contribution in [2.75, 3.05) is 19.6 Å². The quantitative estimate of drug-likeness (QED) is 0.593. The molecule has 1 aliphatic heterocycles. The zero-order valence-electron chi connectivity index (χ0n) is 8.16. The number of tetrazole rings is 1. The van der Waals surface area contributed by atoms with Crippen molar-refractivity contribution in [3.05, 3.63) is 5.82 Å². The van der Waals surface area contributed by atoms with E-state index in [0.29, 0.717) is 6.54 Å². The van der Waals surface area contributed by atoms with Crippen molar-refractivity contribution in [3.63, 3.8) is 0 Å². The zero-order valence-corrected chi connectivity index (χ0v) is 8.16. The number of nitrogens with one attached hydrogen (secondary N) is 3. The molecule has 6 nitrogen and oxygen atoms in total. The van der Waals surface area contributed by atoms with Gasteiger partial charge >= 0.3 is 0 Å². The van der Waals surface area contributed by atoms with Gasteiger partial charge in [0.25, 0.3) is 0 Å². The maximum Gasteiger partial charge on any atom is 0.188 e. The van der Waals surface area contributed by atoms with E-state index in [1.54, 1.807) is 0 Å². The molecule has 1 aromatic heterocycles. The number of aromatic amines is 1. The Morgan fingerprint density at radius 2 is 2.50 bits per heavy atom. The van der Waals surface area contributed by atoms with Gasteiger partial charge in [-0.3, -0.25) is 0 Å². The third-order valence-electron chi connectivity index (χ3n) is 2.50. The molecule has 14 heavy (non-hydrogen) atoms. The second-order valence-electron chi connectivity index (χ2n) is 3.67. The Morgan fingerprint density at radius 1 is 1.50 bits per heavy atom. The zero-order chi connectivity index (χ0) is 9.64. The highest BCUT2D eigenvalue weighted by atomic mass is 15.5. The van der Waals surface area contributed by atoms with Gasteiger partial charge in [-0.05, 0) is 38.4 Å². The minimum atomic E-state index is 0.701. The van der Waals surface area contributed by atoms with Crippen molar-refractivity contribution >= 4 is 0 Å². The Morgan fingerprint density at radius 3 is 3.21 bits per heavy atom. The molecule has 0 radical (unpaired) electrons. The summed E-state index contributed by atoms with van der Waals surface area (Å²) < 4.78 is 0. The molecule has 0 saturated carbocycles. The summed E-state index contributed by atoms with van der Waals surface area (Å²) in [6.07, 6.45) is 2.60. The van der Waals surface area contributed by atoms with Crippen LogP contribution in [-0.2, 0) is 6.54 Å². The first-order chi connectivity index (χ1) is 6.95. The van der Waals surface area contributed by atoms with Gasteiger partial charge in [0.05, 0.1) is 6.54 Å². The lowest BCUT2D eigenvalue weighted by Gasteiger charge is -2.22. The molecule has 0 spiro atoms. The standard InChI is InChI=1S/C8H16N6/c1-2-7(4-9-3-1)5-10-6-8-11-13-14-12-8/h7,9-10H,1-6H2,(H,11,12,13,14). The highest BCUT2D eigenvalue weighted by Crippen LogP contribution is 2.08. The van der Waals surface area contributed by atoms with E-state index in [9.17, 15) is 0 Å². The molecule has 1 fully saturated rings. The van der Waals surface area contributed by atoms with Crippen molar-refractivity contribution in [1.29, 1.82) is 0 Å². The van der Waals surface area contributed by atoms with Crippen LogP contribution in [0.2, 0.25) is 0 Å². The maximum absolute atomic E-state index is 3.87. The van der Waals surface area contributed by atoms with Crippen LogP contribution in [0.5, 0.6) is 0 Å². The van der Waals surface area contributed by atoms with Crippen LogP contribution in [0, 0.1) is 5.92 Å². The molecule has 3 N–H and O–H groups in total. The molecule has 1 atom stereocenters. The predicted octanol–water partition coefficient (Wildman–Crippen LogP) is -0.711. The van der Waals surface area contributed by atoms with E-state index in [4.69, 9.17) is 0 Å². The van der Waals surface area contributed by atoms with E-state index < -0.39 is 0 Å². The van der Waals surface area contributed by atoms with Gasteiger partial charge in [0, 0.05) is 0 Å². The van der Waals surface area contributed by atoms with Crippen LogP contribution in [0.4, 0.5) is 0 Å². The molecule has 6 heteroatoms. The molecule has 0 amide bonds. The third kappa shape index (κ3) is 2.74. The third-order valence-corrected chi connectivity index (χ3v) is 2.50. The lowest BCUT2D eigenvalue weighted by Crippen LogP contribution is -2.35. The highest BCUT2D eigenvalue weighted by molar-refractivity contribution is 4.76. The topological polar surface area (TPSA) is 78.5 Å². The predicted molar refractivity (Wildman–Crippen MR) is 51.5 cm³/mol. The van der Waals surface area contributed by atoms with Crippen LogP contribution in [0.15, 0.2) is 0 Å². The summed E-state index contributed by atoms with van der Waals surface area (Å²) in [5.74, 6) is 1.48. The van der Waals surface area contributed by atoms with Gasteiger partial charge in [-0.25, -0.2) is 0 Å². The van der Waals surface area contributed by atoms with E-state index in [1.807, 2.05) is 0 Å². The molecular weight excluding hydrogens is 180 g/mol. The smallest absolute Gasteiger partial charge is 0.188 e. The Balaban J connectivity index is 1.62. The van der Waals surface area contributed by atoms with Gasteiger partial charge in [0.2, 0.25) is 0 Å². The molecule has 2 heterocycles. The Bertz CT molecular complexity index is 240. The van der Waals surface area contributed by atoms with Gasteiger partial charge in [-0.2, -0.15) is 5.21 Å². The fraction of sp³-hybridized carbons (Fsp3) is 0.875. The van der Waals surface area contributed by atoms with Gasteiger partial charge < -0.3 is 10.6 Å². The minimum absolute atomic E-state index is 0.701. The van der Waals surface area contributed by atoms with Crippen LogP contribution in [0.1, 0.15) is 18.7 Å². The van der Waals surface area contributed by atoms with Crippen molar-refractivity contribution in [1.82, 2.24) is 31.3 Å². The summed E-state index contributed by atoms with van der Waals surface area (Å²) in [6, 6.07) is 0. The van der Waals surface area contributed by atoms with Gasteiger partial charge in [0.1, 0.15) is 0 Å². The van der Waals surface area contributed by atoms with Crippen molar-refractivity contribution in [2.24, 2.45) is 5.92 Å². The molecule has 2 rings (SSSR count). The fourth-order valence-corrected chi connectivity index (χ4v) is 1.74. The second kappa shape index (κ2) is 5.02. The molecule has 1 unspecified atom stereocenters. The largest absolute Gasteiger partial charge is 0.316 e. The van der Waals surface area contributed by atoms with Gasteiger partial charge in [0.15, 0.2) is 5.82 Å². The summed E-state index contributed by atoms with van der Waals surface area (Å²) in [6.45, 7) is 4.02. The summed E-state index contributed by atoms with van der Waals surface area (Å²) in [7, 11) is 0. The average molecular weight is 196 g/mol. The summed E-state index contributed by atoms with van der Waals surface area (Å²) >= 11 is 0. The number of H-pyrrole nitrogens is 1. The molecule has 1 aliphatic rings. The summed E-state index contributed by atoms with van der Waals surface area (Å²) in [4.78, 5) is 0. The first kappa shape index (κ1) is 9.54. The van der Waals surface area contributed by atoms with Crippen LogP contribution in [0.25, 0.3) is 0 Å². The van der Waals surface area contributed by atoms with E-state index in [-0.39, 0.29) is 0 Å². The molecule has 1 aromatic rings. The van der Waals surface area contributed by atoms with E-state index in [1.165, 1.54) is 19.4 Å². The number of aromatic nitrogens is 4. The molecule has 1 saturated heterocycles. The number of hydrogen-bond acceptors (Lipinski definition) is 5. The first-order valence-electron chi connectivity index (χ1n) is 5.09. The Hall–Kier alpha value is -1.01. The van der Waals surface area contributed by atoms with Gasteiger partial charge in [-0.1, -0.05) is 5.21 Å². The van der Waals surface area contributed by atoms with Crippen LogP contribution < -0.4 is 10.6 Å². The Labute approximate surface area is 82.9 Å². The number of nitrogens with zero attached hydrogens (tertiary/aromatic N) is 3. The lowest BCUT2D eigenvalue weighted by molar-refractivity contribution is 0.358. The number of hydrogen-bond donors (Lipinski definition) is 3. The lowest BCUT2D eigenvalue weighted by atomic mass is 10.00. The molecule has 78 valence electrons. The summed E-state index contributed by atoms with van der Waals surface area (Å²) in [5.41, 5.74) is 0. The summed E-state index contributed by atoms with van der Waals surface area (Å²) in [5, 5.41) is 20.4. The van der Waals surface area contributed by atoms with Gasteiger partial charge in [-0.15, -0.1) is 10.2 Å². The fourth-order valence-electron chi connectivity index (χ4n) is 1.74. The number of piperidine rings is 1. The molecule has 0 aliphatic carbocycles. The van der Waals surface area contributed by atoms with Crippen LogP contribution in [0.3, 0.4) is 0 Å².